The van der Waals surface area contributed by atoms with Crippen LogP contribution in [0.25, 0.3) is 11.3 Å². The van der Waals surface area contributed by atoms with E-state index in [1.54, 1.807) is 6.92 Å². The minimum atomic E-state index is -1.16. The van der Waals surface area contributed by atoms with Crippen LogP contribution < -0.4 is 11.0 Å². The molecule has 1 aromatic carbocycles. The van der Waals surface area contributed by atoms with Crippen LogP contribution >= 0.6 is 0 Å². The number of hydrogen-bond donors (Lipinski definition) is 2. The smallest absolute Gasteiger partial charge is 0.354 e. The highest BCUT2D eigenvalue weighted by Gasteiger charge is 2.21. The molecule has 0 spiro atoms. The lowest BCUT2D eigenvalue weighted by atomic mass is 10.1. The highest BCUT2D eigenvalue weighted by Crippen LogP contribution is 2.22. The molecule has 0 unspecified atom stereocenters. The Morgan fingerprint density at radius 1 is 1.14 bits per heavy atom. The first-order chi connectivity index (χ1) is 13.4. The number of anilines is 1. The summed E-state index contributed by atoms with van der Waals surface area (Å²) < 4.78 is 1.15. The molecule has 142 valence electrons. The van der Waals surface area contributed by atoms with E-state index in [1.165, 1.54) is 25.3 Å². The van der Waals surface area contributed by atoms with Crippen LogP contribution in [0.1, 0.15) is 40.5 Å². The molecule has 2 aromatic heterocycles. The average Bonchev–Trinajstić information content (AvgIpc) is 2.70. The Kier molecular flexibility index (Phi) is 5.30. The number of nitrogens with zero attached hydrogens (tertiary/aromatic N) is 3. The zero-order valence-electron chi connectivity index (χ0n) is 15.3. The Morgan fingerprint density at radius 3 is 2.39 bits per heavy atom. The highest BCUT2D eigenvalue weighted by molar-refractivity contribution is 5.98. The third-order valence-corrected chi connectivity index (χ3v) is 4.08. The molecule has 0 fully saturated rings. The normalized spacial score (nSPS) is 10.5. The van der Waals surface area contributed by atoms with E-state index in [0.29, 0.717) is 29.1 Å². The molecule has 2 heterocycles. The lowest BCUT2D eigenvalue weighted by Gasteiger charge is -2.17. The van der Waals surface area contributed by atoms with E-state index >= 15 is 0 Å². The maximum atomic E-state index is 12.9. The molecule has 0 bridgehead atoms. The molecule has 28 heavy (non-hydrogen) atoms. The van der Waals surface area contributed by atoms with Crippen LogP contribution in [-0.4, -0.2) is 31.5 Å². The van der Waals surface area contributed by atoms with Gasteiger partial charge in [-0.25, -0.2) is 19.4 Å². The summed E-state index contributed by atoms with van der Waals surface area (Å²) in [5.74, 6) is -1.49. The maximum absolute atomic E-state index is 12.9. The maximum Gasteiger partial charge on any atom is 0.354 e. The van der Waals surface area contributed by atoms with Gasteiger partial charge in [0, 0.05) is 12.5 Å². The van der Waals surface area contributed by atoms with Gasteiger partial charge in [0.2, 0.25) is 0 Å². The Morgan fingerprint density at radius 2 is 1.86 bits per heavy atom. The average molecular weight is 378 g/mol. The first-order valence-corrected chi connectivity index (χ1v) is 8.61. The predicted molar refractivity (Wildman–Crippen MR) is 104 cm³/mol. The first kappa shape index (κ1) is 19.0. The number of nitrogens with one attached hydrogen (secondary N) is 1. The monoisotopic (exact) mass is 378 g/mol. The largest absolute Gasteiger partial charge is 0.477 e. The van der Waals surface area contributed by atoms with Crippen LogP contribution in [0.5, 0.6) is 0 Å². The topological polar surface area (TPSA) is 114 Å². The zero-order valence-corrected chi connectivity index (χ0v) is 15.3. The fraction of sp³-hybridized carbons (Fsp3) is 0.150. The Labute approximate surface area is 160 Å². The van der Waals surface area contributed by atoms with E-state index in [9.17, 15) is 14.4 Å². The molecule has 0 aliphatic carbocycles. The molecule has 0 radical (unpaired) electrons. The Hall–Kier alpha value is -3.81. The number of ketones is 1. The van der Waals surface area contributed by atoms with Crippen molar-refractivity contribution in [1.29, 1.82) is 0 Å². The van der Waals surface area contributed by atoms with E-state index in [-0.39, 0.29) is 17.2 Å². The van der Waals surface area contributed by atoms with Gasteiger partial charge in [-0.15, -0.1) is 0 Å². The number of benzene rings is 1. The van der Waals surface area contributed by atoms with Gasteiger partial charge < -0.3 is 5.11 Å². The summed E-state index contributed by atoms with van der Waals surface area (Å²) in [6, 6.07) is 11.9. The van der Waals surface area contributed by atoms with Crippen LogP contribution in [0.15, 0.2) is 53.5 Å². The summed E-state index contributed by atoms with van der Waals surface area (Å²) in [7, 11) is 0. The lowest BCUT2D eigenvalue weighted by Crippen LogP contribution is -2.35. The summed E-state index contributed by atoms with van der Waals surface area (Å²) in [5.41, 5.74) is 4.15. The van der Waals surface area contributed by atoms with Gasteiger partial charge in [0.15, 0.2) is 5.78 Å². The predicted octanol–water partition coefficient (Wildman–Crippen LogP) is 2.64. The summed E-state index contributed by atoms with van der Waals surface area (Å²) >= 11 is 0. The molecule has 0 amide bonds. The van der Waals surface area contributed by atoms with Crippen LogP contribution in [0.3, 0.4) is 0 Å². The van der Waals surface area contributed by atoms with E-state index in [4.69, 9.17) is 5.11 Å². The second-order valence-corrected chi connectivity index (χ2v) is 6.02. The second-order valence-electron chi connectivity index (χ2n) is 6.02. The van der Waals surface area contributed by atoms with E-state index in [2.05, 4.69) is 15.4 Å². The Bertz CT molecular complexity index is 1090. The van der Waals surface area contributed by atoms with Gasteiger partial charge in [-0.2, -0.15) is 0 Å². The fourth-order valence-corrected chi connectivity index (χ4v) is 2.75. The van der Waals surface area contributed by atoms with E-state index in [1.807, 2.05) is 30.3 Å². The molecule has 0 aliphatic heterocycles. The zero-order chi connectivity index (χ0) is 20.3. The van der Waals surface area contributed by atoms with Crippen molar-refractivity contribution in [3.05, 3.63) is 76.1 Å². The third kappa shape index (κ3) is 3.66. The molecule has 2 N–H and O–H groups in total. The number of carbonyl (C=O) groups excluding carboxylic acids is 1. The molecular weight excluding hydrogens is 360 g/mol. The van der Waals surface area contributed by atoms with Crippen molar-refractivity contribution in [1.82, 2.24) is 14.6 Å². The van der Waals surface area contributed by atoms with Crippen molar-refractivity contribution in [3.63, 3.8) is 0 Å². The van der Waals surface area contributed by atoms with Crippen molar-refractivity contribution >= 4 is 17.4 Å². The number of carbonyl (C=O) groups is 2. The number of aryl methyl sites for hydroxylation is 1. The molecular formula is C20H18N4O4. The van der Waals surface area contributed by atoms with Gasteiger partial charge in [-0.1, -0.05) is 37.3 Å². The molecule has 8 nitrogen and oxygen atoms in total. The van der Waals surface area contributed by atoms with Crippen molar-refractivity contribution < 1.29 is 14.7 Å². The molecule has 3 rings (SSSR count). The van der Waals surface area contributed by atoms with Gasteiger partial charge in [-0.3, -0.25) is 15.0 Å². The number of hydrogen-bond acceptors (Lipinski definition) is 6. The standard InChI is InChI=1S/C20H18N4O4/c1-3-15-19(26)24(23-14-9-10-16(20(27)28)21-11-14)18(12(2)25)17(22-15)13-7-5-4-6-8-13/h4-11,23H,3H2,1-2H3,(H,27,28). The minimum absolute atomic E-state index is 0.107. The van der Waals surface area contributed by atoms with Crippen molar-refractivity contribution in [2.24, 2.45) is 0 Å². The van der Waals surface area contributed by atoms with Gasteiger partial charge in [0.25, 0.3) is 5.56 Å². The summed E-state index contributed by atoms with van der Waals surface area (Å²) in [4.78, 5) is 44.5. The third-order valence-electron chi connectivity index (χ3n) is 4.08. The van der Waals surface area contributed by atoms with E-state index < -0.39 is 11.5 Å². The van der Waals surface area contributed by atoms with Crippen molar-refractivity contribution in [2.45, 2.75) is 20.3 Å². The van der Waals surface area contributed by atoms with Gasteiger partial charge >= 0.3 is 5.97 Å². The highest BCUT2D eigenvalue weighted by atomic mass is 16.4. The van der Waals surface area contributed by atoms with Gasteiger partial charge in [-0.05, 0) is 18.6 Å². The summed E-state index contributed by atoms with van der Waals surface area (Å²) in [6.07, 6.45) is 1.67. The molecule has 0 aliphatic rings. The second kappa shape index (κ2) is 7.83. The van der Waals surface area contributed by atoms with Gasteiger partial charge in [0.1, 0.15) is 22.8 Å². The molecule has 3 aromatic rings. The fourth-order valence-electron chi connectivity index (χ4n) is 2.75. The number of aromatic nitrogens is 3. The number of rotatable bonds is 6. The van der Waals surface area contributed by atoms with E-state index in [0.717, 1.165) is 4.68 Å². The lowest BCUT2D eigenvalue weighted by molar-refractivity contribution is 0.0690. The molecule has 0 saturated heterocycles. The molecule has 0 saturated carbocycles. The number of pyridine rings is 1. The number of carboxylic acid groups (broad SMARTS) is 1. The van der Waals surface area contributed by atoms with Crippen LogP contribution in [0, 0.1) is 0 Å². The summed E-state index contributed by atoms with van der Waals surface area (Å²) in [5, 5.41) is 8.97. The number of Topliss-reactive ketones (excluding diaryl/α,β-unsaturated/α-hetero) is 1. The number of carboxylic acids is 1. The molecule has 0 atom stereocenters. The number of aromatic carboxylic acids is 1. The quantitative estimate of drug-likeness (QED) is 0.634. The van der Waals surface area contributed by atoms with Crippen LogP contribution in [-0.2, 0) is 6.42 Å². The first-order valence-electron chi connectivity index (χ1n) is 8.61. The molecule has 8 heteroatoms. The minimum Gasteiger partial charge on any atom is -0.477 e. The Balaban J connectivity index is 2.19. The van der Waals surface area contributed by atoms with Crippen molar-refractivity contribution in [3.8, 4) is 11.3 Å². The van der Waals surface area contributed by atoms with Crippen molar-refractivity contribution in [2.75, 3.05) is 5.43 Å². The summed E-state index contributed by atoms with van der Waals surface area (Å²) in [6.45, 7) is 3.16. The SMILES string of the molecule is CCc1nc(-c2ccccc2)c(C(C)=O)n(Nc2ccc(C(=O)O)nc2)c1=O. The van der Waals surface area contributed by atoms with Gasteiger partial charge in [0.05, 0.1) is 11.9 Å². The van der Waals surface area contributed by atoms with Crippen LogP contribution in [0.4, 0.5) is 5.69 Å². The van der Waals surface area contributed by atoms with Crippen LogP contribution in [0.2, 0.25) is 0 Å².